The summed E-state index contributed by atoms with van der Waals surface area (Å²) in [5.41, 5.74) is -1.64. The zero-order valence-electron chi connectivity index (χ0n) is 8.32. The SMILES string of the molecule is CC(=O)NC1(C(=O)O)CCCS(=O)(=O)C1. The van der Waals surface area contributed by atoms with E-state index < -0.39 is 33.0 Å². The predicted molar refractivity (Wildman–Crippen MR) is 52.1 cm³/mol. The molecule has 1 atom stereocenters. The maximum atomic E-state index is 11.3. The van der Waals surface area contributed by atoms with Crippen LogP contribution in [0.3, 0.4) is 0 Å². The molecule has 0 bridgehead atoms. The van der Waals surface area contributed by atoms with Crippen molar-refractivity contribution >= 4 is 21.7 Å². The van der Waals surface area contributed by atoms with Crippen molar-refractivity contribution in [3.63, 3.8) is 0 Å². The fourth-order valence-electron chi connectivity index (χ4n) is 1.77. The normalized spacial score (nSPS) is 29.4. The van der Waals surface area contributed by atoms with E-state index in [4.69, 9.17) is 5.11 Å². The van der Waals surface area contributed by atoms with Crippen LogP contribution in [0.2, 0.25) is 0 Å². The average molecular weight is 235 g/mol. The molecular weight excluding hydrogens is 222 g/mol. The van der Waals surface area contributed by atoms with Crippen molar-refractivity contribution in [2.75, 3.05) is 11.5 Å². The van der Waals surface area contributed by atoms with Gasteiger partial charge in [-0.05, 0) is 12.8 Å². The second-order valence-electron chi connectivity index (χ2n) is 3.76. The van der Waals surface area contributed by atoms with E-state index in [9.17, 15) is 18.0 Å². The highest BCUT2D eigenvalue weighted by Crippen LogP contribution is 2.23. The van der Waals surface area contributed by atoms with Crippen LogP contribution in [-0.4, -0.2) is 42.4 Å². The fourth-order valence-corrected chi connectivity index (χ4v) is 3.59. The fraction of sp³-hybridized carbons (Fsp3) is 0.750. The summed E-state index contributed by atoms with van der Waals surface area (Å²) < 4.78 is 22.7. The number of rotatable bonds is 2. The molecule has 1 unspecified atom stereocenters. The number of nitrogens with one attached hydrogen (secondary N) is 1. The first-order valence-electron chi connectivity index (χ1n) is 4.50. The molecule has 1 fully saturated rings. The van der Waals surface area contributed by atoms with Gasteiger partial charge in [-0.1, -0.05) is 0 Å². The number of amides is 1. The van der Waals surface area contributed by atoms with Crippen molar-refractivity contribution in [1.82, 2.24) is 5.32 Å². The molecule has 2 N–H and O–H groups in total. The van der Waals surface area contributed by atoms with E-state index in [-0.39, 0.29) is 18.6 Å². The maximum Gasteiger partial charge on any atom is 0.330 e. The lowest BCUT2D eigenvalue weighted by Gasteiger charge is -2.33. The molecule has 1 aliphatic heterocycles. The van der Waals surface area contributed by atoms with E-state index in [0.29, 0.717) is 0 Å². The van der Waals surface area contributed by atoms with E-state index in [1.807, 2.05) is 0 Å². The Kier molecular flexibility index (Phi) is 3.03. The standard InChI is InChI=1S/C8H13NO5S/c1-6(10)9-8(7(11)12)3-2-4-15(13,14)5-8/h2-5H2,1H3,(H,9,10)(H,11,12). The van der Waals surface area contributed by atoms with Crippen LogP contribution in [0.5, 0.6) is 0 Å². The van der Waals surface area contributed by atoms with Gasteiger partial charge < -0.3 is 10.4 Å². The first-order chi connectivity index (χ1) is 6.77. The second-order valence-corrected chi connectivity index (χ2v) is 5.95. The molecule has 0 aromatic carbocycles. The van der Waals surface area contributed by atoms with Crippen LogP contribution in [0.4, 0.5) is 0 Å². The third-order valence-electron chi connectivity index (χ3n) is 2.35. The highest BCUT2D eigenvalue weighted by atomic mass is 32.2. The Morgan fingerprint density at radius 2 is 2.00 bits per heavy atom. The van der Waals surface area contributed by atoms with Crippen LogP contribution in [0.1, 0.15) is 19.8 Å². The number of hydrogen-bond acceptors (Lipinski definition) is 4. The highest BCUT2D eigenvalue weighted by molar-refractivity contribution is 7.91. The maximum absolute atomic E-state index is 11.3. The lowest BCUT2D eigenvalue weighted by molar-refractivity contribution is -0.146. The van der Waals surface area contributed by atoms with Gasteiger partial charge in [0.1, 0.15) is 0 Å². The minimum Gasteiger partial charge on any atom is -0.479 e. The van der Waals surface area contributed by atoms with E-state index in [1.165, 1.54) is 6.92 Å². The number of sulfone groups is 1. The van der Waals surface area contributed by atoms with Gasteiger partial charge in [0.25, 0.3) is 0 Å². The second kappa shape index (κ2) is 3.80. The van der Waals surface area contributed by atoms with Gasteiger partial charge in [-0.3, -0.25) is 4.79 Å². The molecule has 0 saturated carbocycles. The van der Waals surface area contributed by atoms with Gasteiger partial charge in [0.15, 0.2) is 15.4 Å². The molecule has 1 heterocycles. The molecular formula is C8H13NO5S. The van der Waals surface area contributed by atoms with Crippen molar-refractivity contribution in [1.29, 1.82) is 0 Å². The number of carbonyl (C=O) groups excluding carboxylic acids is 1. The molecule has 1 saturated heterocycles. The Hall–Kier alpha value is -1.11. The number of carboxylic acid groups (broad SMARTS) is 1. The van der Waals surface area contributed by atoms with E-state index in [0.717, 1.165) is 0 Å². The van der Waals surface area contributed by atoms with Gasteiger partial charge in [-0.2, -0.15) is 0 Å². The molecule has 1 amide bonds. The van der Waals surface area contributed by atoms with Gasteiger partial charge in [0.2, 0.25) is 5.91 Å². The molecule has 0 radical (unpaired) electrons. The van der Waals surface area contributed by atoms with Crippen molar-refractivity contribution in [2.45, 2.75) is 25.3 Å². The summed E-state index contributed by atoms with van der Waals surface area (Å²) in [6.45, 7) is 1.17. The Morgan fingerprint density at radius 3 is 2.40 bits per heavy atom. The third-order valence-corrected chi connectivity index (χ3v) is 4.19. The van der Waals surface area contributed by atoms with Gasteiger partial charge >= 0.3 is 5.97 Å². The number of carbonyl (C=O) groups is 2. The highest BCUT2D eigenvalue weighted by Gasteiger charge is 2.46. The predicted octanol–water partition coefficient (Wildman–Crippen LogP) is -0.845. The Labute approximate surface area is 87.6 Å². The molecule has 0 aromatic heterocycles. The average Bonchev–Trinajstić information content (AvgIpc) is 1.99. The van der Waals surface area contributed by atoms with Gasteiger partial charge in [-0.25, -0.2) is 13.2 Å². The minimum absolute atomic E-state index is 0.0123. The van der Waals surface area contributed by atoms with E-state index in [1.54, 1.807) is 0 Å². The number of aliphatic carboxylic acids is 1. The molecule has 0 spiro atoms. The van der Waals surface area contributed by atoms with Gasteiger partial charge in [-0.15, -0.1) is 0 Å². The van der Waals surface area contributed by atoms with Crippen LogP contribution in [0.15, 0.2) is 0 Å². The monoisotopic (exact) mass is 235 g/mol. The topological polar surface area (TPSA) is 101 Å². The third kappa shape index (κ3) is 2.68. The van der Waals surface area contributed by atoms with Crippen molar-refractivity contribution in [2.24, 2.45) is 0 Å². The smallest absolute Gasteiger partial charge is 0.330 e. The summed E-state index contributed by atoms with van der Waals surface area (Å²) in [5, 5.41) is 11.2. The van der Waals surface area contributed by atoms with Crippen molar-refractivity contribution in [3.8, 4) is 0 Å². The lowest BCUT2D eigenvalue weighted by Crippen LogP contribution is -2.60. The molecule has 15 heavy (non-hydrogen) atoms. The minimum atomic E-state index is -3.38. The zero-order chi connectivity index (χ0) is 11.7. The molecule has 0 aliphatic carbocycles. The summed E-state index contributed by atoms with van der Waals surface area (Å²) in [7, 11) is -3.38. The summed E-state index contributed by atoms with van der Waals surface area (Å²) in [6, 6.07) is 0. The summed E-state index contributed by atoms with van der Waals surface area (Å²) in [6.07, 6.45) is 0.413. The molecule has 1 aliphatic rings. The Balaban J connectivity index is 3.01. The Bertz CT molecular complexity index is 388. The first kappa shape index (κ1) is 12.0. The summed E-state index contributed by atoms with van der Waals surface area (Å²) >= 11 is 0. The van der Waals surface area contributed by atoms with E-state index >= 15 is 0 Å². The van der Waals surface area contributed by atoms with Gasteiger partial charge in [0.05, 0.1) is 11.5 Å². The summed E-state index contributed by atoms with van der Waals surface area (Å²) in [5.74, 6) is -2.35. The number of carboxylic acids is 1. The van der Waals surface area contributed by atoms with Crippen LogP contribution in [0, 0.1) is 0 Å². The molecule has 0 aromatic rings. The van der Waals surface area contributed by atoms with Crippen LogP contribution in [-0.2, 0) is 19.4 Å². The van der Waals surface area contributed by atoms with Crippen LogP contribution >= 0.6 is 0 Å². The van der Waals surface area contributed by atoms with Crippen molar-refractivity contribution < 1.29 is 23.1 Å². The molecule has 6 nitrogen and oxygen atoms in total. The van der Waals surface area contributed by atoms with Crippen LogP contribution < -0.4 is 5.32 Å². The largest absolute Gasteiger partial charge is 0.479 e. The molecule has 86 valence electrons. The zero-order valence-corrected chi connectivity index (χ0v) is 9.13. The first-order valence-corrected chi connectivity index (χ1v) is 6.32. The lowest BCUT2D eigenvalue weighted by atomic mass is 9.95. The van der Waals surface area contributed by atoms with E-state index in [2.05, 4.69) is 5.32 Å². The molecule has 1 rings (SSSR count). The quantitative estimate of drug-likeness (QED) is 0.649. The molecule has 7 heteroatoms. The van der Waals surface area contributed by atoms with Crippen molar-refractivity contribution in [3.05, 3.63) is 0 Å². The van der Waals surface area contributed by atoms with Crippen LogP contribution in [0.25, 0.3) is 0 Å². The number of hydrogen-bond donors (Lipinski definition) is 2. The Morgan fingerprint density at radius 1 is 1.40 bits per heavy atom. The summed E-state index contributed by atoms with van der Waals surface area (Å²) in [4.78, 5) is 21.9. The van der Waals surface area contributed by atoms with Gasteiger partial charge in [0, 0.05) is 6.92 Å².